The third kappa shape index (κ3) is 4.66. The largest absolute Gasteiger partial charge is 0.462 e. The molecule has 0 aliphatic heterocycles. The minimum absolute atomic E-state index is 0.0409. The second-order valence-electron chi connectivity index (χ2n) is 8.58. The first-order valence-electron chi connectivity index (χ1n) is 11.7. The van der Waals surface area contributed by atoms with Crippen LogP contribution in [-0.2, 0) is 18.0 Å². The molecule has 0 spiro atoms. The Labute approximate surface area is 215 Å². The number of aromatic nitrogens is 1. The van der Waals surface area contributed by atoms with Crippen LogP contribution < -0.4 is 5.56 Å². The fourth-order valence-electron chi connectivity index (χ4n) is 4.27. The molecule has 0 aliphatic rings. The Balaban J connectivity index is 1.53. The molecular weight excluding hydrogens is 495 g/mol. The number of esters is 1. The molecule has 0 amide bonds. The molecule has 0 bridgehead atoms. The summed E-state index contributed by atoms with van der Waals surface area (Å²) in [7, 11) is 1.56. The number of halogens is 3. The fourth-order valence-corrected chi connectivity index (χ4v) is 4.27. The normalized spacial score (nSPS) is 11.4. The smallest absolute Gasteiger partial charge is 0.416 e. The van der Waals surface area contributed by atoms with E-state index in [0.29, 0.717) is 16.5 Å². The number of aryl methyl sites for hydroxylation is 1. The van der Waals surface area contributed by atoms with E-state index in [1.807, 2.05) is 36.4 Å². The summed E-state index contributed by atoms with van der Waals surface area (Å²) in [4.78, 5) is 24.6. The van der Waals surface area contributed by atoms with Crippen LogP contribution in [0, 0.1) is 11.8 Å². The molecule has 0 saturated carbocycles. The van der Waals surface area contributed by atoms with Crippen molar-refractivity contribution in [2.75, 3.05) is 6.61 Å². The Morgan fingerprint density at radius 3 is 2.29 bits per heavy atom. The summed E-state index contributed by atoms with van der Waals surface area (Å²) < 4.78 is 51.8. The van der Waals surface area contributed by atoms with Gasteiger partial charge >= 0.3 is 12.1 Å². The van der Waals surface area contributed by atoms with Crippen LogP contribution in [0.3, 0.4) is 0 Å². The van der Waals surface area contributed by atoms with Gasteiger partial charge in [0.05, 0.1) is 23.1 Å². The van der Waals surface area contributed by atoms with Crippen molar-refractivity contribution in [3.05, 3.63) is 105 Å². The van der Waals surface area contributed by atoms with Crippen molar-refractivity contribution >= 4 is 27.7 Å². The quantitative estimate of drug-likeness (QED) is 0.202. The highest BCUT2D eigenvalue weighted by Gasteiger charge is 2.32. The van der Waals surface area contributed by atoms with Crippen molar-refractivity contribution in [2.45, 2.75) is 13.1 Å². The number of fused-ring (bicyclic) bond motifs is 3. The summed E-state index contributed by atoms with van der Waals surface area (Å²) in [6, 6.07) is 19.5. The number of alkyl halides is 3. The lowest BCUT2D eigenvalue weighted by Gasteiger charge is -2.09. The number of nitrogens with zero attached hydrogens (tertiary/aromatic N) is 1. The first kappa shape index (κ1) is 24.9. The van der Waals surface area contributed by atoms with E-state index in [-0.39, 0.29) is 23.3 Å². The molecule has 1 aromatic heterocycles. The van der Waals surface area contributed by atoms with Crippen LogP contribution in [0.15, 0.2) is 82.1 Å². The highest BCUT2D eigenvalue weighted by atomic mass is 19.4. The molecule has 0 saturated heterocycles. The van der Waals surface area contributed by atoms with Crippen molar-refractivity contribution in [1.82, 2.24) is 4.74 Å². The lowest BCUT2D eigenvalue weighted by molar-refractivity contribution is -0.137. The molecule has 0 unspecified atom stereocenters. The zero-order chi connectivity index (χ0) is 27.0. The molecule has 0 atom stereocenters. The summed E-state index contributed by atoms with van der Waals surface area (Å²) in [5, 5.41) is 2.18. The van der Waals surface area contributed by atoms with Gasteiger partial charge in [-0.05, 0) is 59.8 Å². The van der Waals surface area contributed by atoms with Gasteiger partial charge < -0.3 is 9.26 Å². The van der Waals surface area contributed by atoms with Gasteiger partial charge in [-0.25, -0.2) is 4.79 Å². The molecule has 1 heterocycles. The lowest BCUT2D eigenvalue weighted by atomic mass is 9.95. The molecule has 0 fully saturated rings. The van der Waals surface area contributed by atoms with Gasteiger partial charge in [0.25, 0.3) is 5.56 Å². The third-order valence-corrected chi connectivity index (χ3v) is 6.06. The van der Waals surface area contributed by atoms with Gasteiger partial charge in [0, 0.05) is 23.6 Å². The Morgan fingerprint density at radius 2 is 1.61 bits per heavy atom. The second kappa shape index (κ2) is 9.60. The molecule has 0 aliphatic carbocycles. The number of rotatable bonds is 3. The maximum Gasteiger partial charge on any atom is 0.416 e. The molecule has 0 N–H and O–H groups in total. The average molecular weight is 515 g/mol. The van der Waals surface area contributed by atoms with Crippen LogP contribution in [0.4, 0.5) is 13.2 Å². The highest BCUT2D eigenvalue weighted by Crippen LogP contribution is 2.34. The minimum atomic E-state index is -4.64. The van der Waals surface area contributed by atoms with Crippen LogP contribution in [0.2, 0.25) is 0 Å². The number of hydrogen-bond acceptors (Lipinski definition) is 4. The van der Waals surface area contributed by atoms with E-state index in [1.54, 1.807) is 32.2 Å². The number of ether oxygens (including phenoxy) is 1. The monoisotopic (exact) mass is 515 g/mol. The zero-order valence-electron chi connectivity index (χ0n) is 20.3. The lowest BCUT2D eigenvalue weighted by Crippen LogP contribution is -2.10. The van der Waals surface area contributed by atoms with Gasteiger partial charge in [0.1, 0.15) is 0 Å². The summed E-state index contributed by atoms with van der Waals surface area (Å²) in [6.07, 6.45) is -4.64. The van der Waals surface area contributed by atoms with Crippen LogP contribution in [0.1, 0.15) is 34.0 Å². The standard InChI is InChI=1S/C30H20F3NO4/c1-3-37-29(36)21-14-19(15-22(16-21)30(31,32)33)9-8-18-10-12-20(13-11-18)25-17-26-27(38-34(2)28(26)35)24-7-5-4-6-23(24)25/h4-7,10-17H,3H2,1-2H3. The van der Waals surface area contributed by atoms with Gasteiger partial charge in [0.2, 0.25) is 0 Å². The number of benzene rings is 4. The van der Waals surface area contributed by atoms with Crippen LogP contribution in [-0.4, -0.2) is 17.3 Å². The molecular formula is C30H20F3NO4. The molecule has 38 heavy (non-hydrogen) atoms. The summed E-state index contributed by atoms with van der Waals surface area (Å²) in [5.41, 5.74) is 1.36. The zero-order valence-corrected chi connectivity index (χ0v) is 20.3. The van der Waals surface area contributed by atoms with Gasteiger partial charge in [-0.3, -0.25) is 4.79 Å². The van der Waals surface area contributed by atoms with E-state index in [0.717, 1.165) is 34.0 Å². The maximum atomic E-state index is 13.4. The van der Waals surface area contributed by atoms with Gasteiger partial charge in [-0.15, -0.1) is 0 Å². The second-order valence-corrected chi connectivity index (χ2v) is 8.58. The van der Waals surface area contributed by atoms with E-state index < -0.39 is 17.7 Å². The van der Waals surface area contributed by atoms with Crippen LogP contribution in [0.5, 0.6) is 0 Å². The van der Waals surface area contributed by atoms with Gasteiger partial charge in [0.15, 0.2) is 5.58 Å². The Kier molecular flexibility index (Phi) is 6.29. The maximum absolute atomic E-state index is 13.4. The van der Waals surface area contributed by atoms with Crippen molar-refractivity contribution in [1.29, 1.82) is 0 Å². The van der Waals surface area contributed by atoms with Crippen molar-refractivity contribution in [3.63, 3.8) is 0 Å². The third-order valence-electron chi connectivity index (χ3n) is 6.06. The van der Waals surface area contributed by atoms with Crippen LogP contribution in [0.25, 0.3) is 32.9 Å². The molecule has 5 aromatic rings. The van der Waals surface area contributed by atoms with E-state index in [1.165, 1.54) is 10.8 Å². The molecule has 0 radical (unpaired) electrons. The van der Waals surface area contributed by atoms with Crippen molar-refractivity contribution in [3.8, 4) is 23.0 Å². The predicted octanol–water partition coefficient (Wildman–Crippen LogP) is 6.55. The van der Waals surface area contributed by atoms with E-state index >= 15 is 0 Å². The van der Waals surface area contributed by atoms with Gasteiger partial charge in [-0.1, -0.05) is 48.2 Å². The van der Waals surface area contributed by atoms with Crippen molar-refractivity contribution < 1.29 is 27.2 Å². The summed E-state index contributed by atoms with van der Waals surface area (Å²) in [6.45, 7) is 1.62. The van der Waals surface area contributed by atoms with Crippen molar-refractivity contribution in [2.24, 2.45) is 7.05 Å². The molecule has 5 nitrogen and oxygen atoms in total. The fraction of sp³-hybridized carbons (Fsp3) is 0.133. The number of carbonyl (C=O) groups excluding carboxylic acids is 1. The molecule has 190 valence electrons. The average Bonchev–Trinajstić information content (AvgIpc) is 3.20. The Morgan fingerprint density at radius 1 is 0.921 bits per heavy atom. The Bertz CT molecular complexity index is 1820. The van der Waals surface area contributed by atoms with Crippen LogP contribution >= 0.6 is 0 Å². The topological polar surface area (TPSA) is 61.4 Å². The highest BCUT2D eigenvalue weighted by molar-refractivity contribution is 6.11. The molecule has 8 heteroatoms. The SMILES string of the molecule is CCOC(=O)c1cc(C#Cc2ccc(-c3cc4c(=O)n(C)oc4c4ccccc34)cc2)cc(C(F)(F)F)c1. The summed E-state index contributed by atoms with van der Waals surface area (Å²) >= 11 is 0. The first-order chi connectivity index (χ1) is 18.2. The minimum Gasteiger partial charge on any atom is -0.462 e. The van der Waals surface area contributed by atoms with E-state index in [2.05, 4.69) is 11.8 Å². The van der Waals surface area contributed by atoms with E-state index in [9.17, 15) is 22.8 Å². The summed E-state index contributed by atoms with van der Waals surface area (Å²) in [5.74, 6) is 4.73. The Hall–Kier alpha value is -4.77. The molecule has 4 aromatic carbocycles. The first-order valence-corrected chi connectivity index (χ1v) is 11.7. The van der Waals surface area contributed by atoms with E-state index in [4.69, 9.17) is 9.26 Å². The van der Waals surface area contributed by atoms with Gasteiger partial charge in [-0.2, -0.15) is 17.9 Å². The number of hydrogen-bond donors (Lipinski definition) is 0. The molecule has 5 rings (SSSR count). The number of carbonyl (C=O) groups is 1. The predicted molar refractivity (Wildman–Crippen MR) is 138 cm³/mol.